The SMILES string of the molecule is CC(NC(=O)C1COCCN1)c1ccccc1. The van der Waals surface area contributed by atoms with E-state index in [0.29, 0.717) is 13.2 Å². The maximum Gasteiger partial charge on any atom is 0.240 e. The van der Waals surface area contributed by atoms with Crippen molar-refractivity contribution in [1.29, 1.82) is 0 Å². The number of ether oxygens (including phenoxy) is 1. The van der Waals surface area contributed by atoms with E-state index in [0.717, 1.165) is 12.1 Å². The predicted molar refractivity (Wildman–Crippen MR) is 65.6 cm³/mol. The zero-order valence-corrected chi connectivity index (χ0v) is 9.98. The molecular formula is C13H18N2O2. The van der Waals surface area contributed by atoms with Crippen molar-refractivity contribution in [2.24, 2.45) is 0 Å². The highest BCUT2D eigenvalue weighted by Crippen LogP contribution is 2.11. The summed E-state index contributed by atoms with van der Waals surface area (Å²) in [6.45, 7) is 3.85. The molecule has 0 spiro atoms. The van der Waals surface area contributed by atoms with E-state index >= 15 is 0 Å². The topological polar surface area (TPSA) is 50.4 Å². The molecule has 1 aliphatic heterocycles. The van der Waals surface area contributed by atoms with Gasteiger partial charge in [0.15, 0.2) is 0 Å². The van der Waals surface area contributed by atoms with E-state index in [1.54, 1.807) is 0 Å². The Morgan fingerprint density at radius 2 is 2.24 bits per heavy atom. The minimum absolute atomic E-state index is 0.000975. The van der Waals surface area contributed by atoms with Crippen molar-refractivity contribution < 1.29 is 9.53 Å². The van der Waals surface area contributed by atoms with Crippen LogP contribution in [0.25, 0.3) is 0 Å². The first-order chi connectivity index (χ1) is 8.27. The number of benzene rings is 1. The Morgan fingerprint density at radius 3 is 2.88 bits per heavy atom. The van der Waals surface area contributed by atoms with Crippen LogP contribution in [0.3, 0.4) is 0 Å². The monoisotopic (exact) mass is 234 g/mol. The maximum atomic E-state index is 11.9. The third-order valence-corrected chi connectivity index (χ3v) is 2.90. The van der Waals surface area contributed by atoms with Gasteiger partial charge in [-0.15, -0.1) is 0 Å². The van der Waals surface area contributed by atoms with Gasteiger partial charge in [-0.3, -0.25) is 4.79 Å². The van der Waals surface area contributed by atoms with Crippen LogP contribution in [0.2, 0.25) is 0 Å². The standard InChI is InChI=1S/C13H18N2O2/c1-10(11-5-3-2-4-6-11)15-13(16)12-9-17-8-7-14-12/h2-6,10,12,14H,7-9H2,1H3,(H,15,16). The molecule has 1 heterocycles. The second kappa shape index (κ2) is 5.80. The van der Waals surface area contributed by atoms with Gasteiger partial charge >= 0.3 is 0 Å². The molecule has 4 nitrogen and oxygen atoms in total. The molecule has 2 atom stereocenters. The van der Waals surface area contributed by atoms with Crippen LogP contribution in [-0.4, -0.2) is 31.7 Å². The first kappa shape index (κ1) is 12.1. The third kappa shape index (κ3) is 3.28. The lowest BCUT2D eigenvalue weighted by Crippen LogP contribution is -2.51. The fourth-order valence-corrected chi connectivity index (χ4v) is 1.87. The lowest BCUT2D eigenvalue weighted by atomic mass is 10.1. The summed E-state index contributed by atoms with van der Waals surface area (Å²) in [5.74, 6) is 0.000975. The molecule has 17 heavy (non-hydrogen) atoms. The first-order valence-corrected chi connectivity index (χ1v) is 5.94. The summed E-state index contributed by atoms with van der Waals surface area (Å²) < 4.78 is 5.27. The van der Waals surface area contributed by atoms with Gasteiger partial charge in [0.25, 0.3) is 0 Å². The zero-order valence-electron chi connectivity index (χ0n) is 9.98. The summed E-state index contributed by atoms with van der Waals surface area (Å²) >= 11 is 0. The van der Waals surface area contributed by atoms with Crippen LogP contribution < -0.4 is 10.6 Å². The third-order valence-electron chi connectivity index (χ3n) is 2.90. The van der Waals surface area contributed by atoms with Crippen LogP contribution in [0.1, 0.15) is 18.5 Å². The van der Waals surface area contributed by atoms with Crippen molar-refractivity contribution in [3.63, 3.8) is 0 Å². The van der Waals surface area contributed by atoms with E-state index < -0.39 is 0 Å². The number of carbonyl (C=O) groups is 1. The summed E-state index contributed by atoms with van der Waals surface area (Å²) in [5.41, 5.74) is 1.11. The van der Waals surface area contributed by atoms with Crippen LogP contribution >= 0.6 is 0 Å². The Hall–Kier alpha value is -1.39. The first-order valence-electron chi connectivity index (χ1n) is 5.94. The molecule has 1 aromatic carbocycles. The summed E-state index contributed by atoms with van der Waals surface area (Å²) in [6, 6.07) is 9.72. The average Bonchev–Trinajstić information content (AvgIpc) is 2.40. The molecule has 0 radical (unpaired) electrons. The Balaban J connectivity index is 1.89. The molecular weight excluding hydrogens is 216 g/mol. The molecule has 0 aliphatic carbocycles. The quantitative estimate of drug-likeness (QED) is 0.815. The number of morpholine rings is 1. The van der Waals surface area contributed by atoms with Crippen LogP contribution in [-0.2, 0) is 9.53 Å². The van der Waals surface area contributed by atoms with Gasteiger partial charge in [-0.05, 0) is 12.5 Å². The molecule has 1 saturated heterocycles. The summed E-state index contributed by atoms with van der Waals surface area (Å²) in [7, 11) is 0. The smallest absolute Gasteiger partial charge is 0.240 e. The van der Waals surface area contributed by atoms with E-state index in [1.807, 2.05) is 37.3 Å². The van der Waals surface area contributed by atoms with Gasteiger partial charge in [-0.25, -0.2) is 0 Å². The van der Waals surface area contributed by atoms with Gasteiger partial charge in [0, 0.05) is 6.54 Å². The minimum Gasteiger partial charge on any atom is -0.378 e. The molecule has 2 N–H and O–H groups in total. The van der Waals surface area contributed by atoms with E-state index in [-0.39, 0.29) is 18.0 Å². The number of rotatable bonds is 3. The molecule has 2 rings (SSSR count). The number of amides is 1. The summed E-state index contributed by atoms with van der Waals surface area (Å²) in [5, 5.41) is 6.12. The van der Waals surface area contributed by atoms with Gasteiger partial charge in [0.1, 0.15) is 6.04 Å². The Morgan fingerprint density at radius 1 is 1.47 bits per heavy atom. The Kier molecular flexibility index (Phi) is 4.12. The molecule has 1 amide bonds. The minimum atomic E-state index is -0.227. The van der Waals surface area contributed by atoms with Crippen molar-refractivity contribution in [1.82, 2.24) is 10.6 Å². The van der Waals surface area contributed by atoms with E-state index in [4.69, 9.17) is 4.74 Å². The highest BCUT2D eigenvalue weighted by Gasteiger charge is 2.22. The second-order valence-corrected chi connectivity index (χ2v) is 4.22. The molecule has 1 aromatic rings. The van der Waals surface area contributed by atoms with E-state index in [9.17, 15) is 4.79 Å². The number of nitrogens with one attached hydrogen (secondary N) is 2. The molecule has 0 bridgehead atoms. The Bertz CT molecular complexity index is 361. The van der Waals surface area contributed by atoms with Crippen LogP contribution in [0.5, 0.6) is 0 Å². The lowest BCUT2D eigenvalue weighted by molar-refractivity contribution is -0.126. The van der Waals surface area contributed by atoms with E-state index in [1.165, 1.54) is 0 Å². The molecule has 2 unspecified atom stereocenters. The predicted octanol–water partition coefficient (Wildman–Crippen LogP) is 0.852. The van der Waals surface area contributed by atoms with Crippen LogP contribution in [0.4, 0.5) is 0 Å². The van der Waals surface area contributed by atoms with Crippen molar-refractivity contribution >= 4 is 5.91 Å². The van der Waals surface area contributed by atoms with Gasteiger partial charge in [0.05, 0.1) is 19.3 Å². The maximum absolute atomic E-state index is 11.9. The van der Waals surface area contributed by atoms with Crippen LogP contribution in [0, 0.1) is 0 Å². The van der Waals surface area contributed by atoms with Crippen LogP contribution in [0.15, 0.2) is 30.3 Å². The number of carbonyl (C=O) groups excluding carboxylic acids is 1. The second-order valence-electron chi connectivity index (χ2n) is 4.22. The normalized spacial score (nSPS) is 21.8. The average molecular weight is 234 g/mol. The fraction of sp³-hybridized carbons (Fsp3) is 0.462. The van der Waals surface area contributed by atoms with Gasteiger partial charge in [-0.1, -0.05) is 30.3 Å². The highest BCUT2D eigenvalue weighted by atomic mass is 16.5. The summed E-state index contributed by atoms with van der Waals surface area (Å²) in [4.78, 5) is 11.9. The molecule has 0 saturated carbocycles. The molecule has 1 fully saturated rings. The number of hydrogen-bond acceptors (Lipinski definition) is 3. The lowest BCUT2D eigenvalue weighted by Gasteiger charge is -2.24. The van der Waals surface area contributed by atoms with Gasteiger partial charge in [-0.2, -0.15) is 0 Å². The molecule has 1 aliphatic rings. The summed E-state index contributed by atoms with van der Waals surface area (Å²) in [6.07, 6.45) is 0. The molecule has 4 heteroatoms. The van der Waals surface area contributed by atoms with Gasteiger partial charge < -0.3 is 15.4 Å². The van der Waals surface area contributed by atoms with Gasteiger partial charge in [0.2, 0.25) is 5.91 Å². The number of hydrogen-bond donors (Lipinski definition) is 2. The van der Waals surface area contributed by atoms with Crippen molar-refractivity contribution in [3.05, 3.63) is 35.9 Å². The fourth-order valence-electron chi connectivity index (χ4n) is 1.87. The zero-order chi connectivity index (χ0) is 12.1. The van der Waals surface area contributed by atoms with Crippen molar-refractivity contribution in [3.8, 4) is 0 Å². The molecule has 92 valence electrons. The Labute approximate surface area is 101 Å². The largest absolute Gasteiger partial charge is 0.378 e. The van der Waals surface area contributed by atoms with Crippen molar-refractivity contribution in [2.75, 3.05) is 19.8 Å². The van der Waals surface area contributed by atoms with E-state index in [2.05, 4.69) is 10.6 Å². The van der Waals surface area contributed by atoms with Crippen molar-refractivity contribution in [2.45, 2.75) is 19.0 Å². The molecule has 0 aromatic heterocycles. The highest BCUT2D eigenvalue weighted by molar-refractivity contribution is 5.82.